The summed E-state index contributed by atoms with van der Waals surface area (Å²) in [6.45, 7) is 2.02. The molecule has 5 heteroatoms. The molecule has 1 aromatic carbocycles. The highest BCUT2D eigenvalue weighted by Crippen LogP contribution is 2.05. The van der Waals surface area contributed by atoms with Gasteiger partial charge in [0.25, 0.3) is 0 Å². The average Bonchev–Trinajstić information content (AvgIpc) is 2.67. The number of hydrogen-bond acceptors (Lipinski definition) is 3. The topological polar surface area (TPSA) is 59.8 Å². The van der Waals surface area contributed by atoms with E-state index in [0.29, 0.717) is 12.2 Å². The first kappa shape index (κ1) is 11.3. The van der Waals surface area contributed by atoms with Gasteiger partial charge in [-0.25, -0.2) is 0 Å². The second-order valence-electron chi connectivity index (χ2n) is 3.99. The molecule has 0 saturated carbocycles. The van der Waals surface area contributed by atoms with Crippen molar-refractivity contribution in [1.82, 2.24) is 15.0 Å². The Bertz CT molecular complexity index is 516. The summed E-state index contributed by atoms with van der Waals surface area (Å²) in [6.07, 6.45) is 2.00. The molecule has 0 fully saturated rings. The third-order valence-electron chi connectivity index (χ3n) is 2.36. The van der Waals surface area contributed by atoms with Gasteiger partial charge < -0.3 is 5.32 Å². The van der Waals surface area contributed by atoms with Crippen molar-refractivity contribution in [3.05, 3.63) is 41.6 Å². The zero-order valence-electron chi connectivity index (χ0n) is 9.84. The van der Waals surface area contributed by atoms with Crippen molar-refractivity contribution < 1.29 is 4.79 Å². The highest BCUT2D eigenvalue weighted by atomic mass is 16.1. The predicted octanol–water partition coefficient (Wildman–Crippen LogP) is 1.30. The molecule has 0 aliphatic rings. The van der Waals surface area contributed by atoms with Crippen LogP contribution < -0.4 is 5.32 Å². The molecule has 1 amide bonds. The van der Waals surface area contributed by atoms with Gasteiger partial charge in [0, 0.05) is 7.05 Å². The molecular formula is C12H14N4O. The van der Waals surface area contributed by atoms with Gasteiger partial charge in [-0.2, -0.15) is 0 Å². The lowest BCUT2D eigenvalue weighted by molar-refractivity contribution is -0.115. The van der Waals surface area contributed by atoms with E-state index in [2.05, 4.69) is 15.6 Å². The number of amides is 1. The number of rotatable bonds is 3. The van der Waals surface area contributed by atoms with Gasteiger partial charge in [0.1, 0.15) is 0 Å². The van der Waals surface area contributed by atoms with E-state index < -0.39 is 0 Å². The molecule has 2 aromatic rings. The molecule has 5 nitrogen and oxygen atoms in total. The zero-order valence-corrected chi connectivity index (χ0v) is 9.84. The summed E-state index contributed by atoms with van der Waals surface area (Å²) < 4.78 is 1.54. The number of aromatic nitrogens is 3. The highest BCUT2D eigenvalue weighted by Gasteiger charge is 2.06. The smallest absolute Gasteiger partial charge is 0.230 e. The number of nitrogens with one attached hydrogen (secondary N) is 1. The van der Waals surface area contributed by atoms with E-state index in [1.165, 1.54) is 5.56 Å². The van der Waals surface area contributed by atoms with Crippen molar-refractivity contribution in [3.63, 3.8) is 0 Å². The maximum absolute atomic E-state index is 11.7. The fourth-order valence-corrected chi connectivity index (χ4v) is 1.48. The van der Waals surface area contributed by atoms with Crippen LogP contribution in [0.15, 0.2) is 30.5 Å². The Labute approximate surface area is 99.5 Å². The molecule has 1 aromatic heterocycles. The maximum atomic E-state index is 11.7. The molecule has 2 rings (SSSR count). The van der Waals surface area contributed by atoms with E-state index in [-0.39, 0.29) is 5.91 Å². The molecular weight excluding hydrogens is 216 g/mol. The number of carbonyl (C=O) groups is 1. The Hall–Kier alpha value is -2.17. The van der Waals surface area contributed by atoms with E-state index in [9.17, 15) is 4.79 Å². The summed E-state index contributed by atoms with van der Waals surface area (Å²) in [5.74, 6) is 0.388. The number of nitrogens with zero attached hydrogens (tertiary/aromatic N) is 3. The molecule has 0 atom stereocenters. The van der Waals surface area contributed by atoms with Crippen molar-refractivity contribution in [2.24, 2.45) is 7.05 Å². The van der Waals surface area contributed by atoms with E-state index in [0.717, 1.165) is 5.56 Å². The molecule has 0 spiro atoms. The lowest BCUT2D eigenvalue weighted by Gasteiger charge is -2.02. The molecule has 1 N–H and O–H groups in total. The molecule has 0 bridgehead atoms. The minimum Gasteiger partial charge on any atom is -0.308 e. The predicted molar refractivity (Wildman–Crippen MR) is 64.5 cm³/mol. The Kier molecular flexibility index (Phi) is 3.18. The van der Waals surface area contributed by atoms with Gasteiger partial charge in [-0.3, -0.25) is 9.48 Å². The standard InChI is InChI=1S/C12H14N4O/c1-9-3-5-10(6-4-9)7-12(17)13-11-8-16(2)15-14-11/h3-6,8H,7H2,1-2H3,(H,13,17). The molecule has 1 heterocycles. The Balaban J connectivity index is 1.95. The lowest BCUT2D eigenvalue weighted by atomic mass is 10.1. The number of hydrogen-bond donors (Lipinski definition) is 1. The first-order valence-electron chi connectivity index (χ1n) is 5.35. The van der Waals surface area contributed by atoms with Gasteiger partial charge >= 0.3 is 0 Å². The van der Waals surface area contributed by atoms with Crippen LogP contribution in [0.4, 0.5) is 5.82 Å². The van der Waals surface area contributed by atoms with Crippen LogP contribution in [0.1, 0.15) is 11.1 Å². The molecule has 0 unspecified atom stereocenters. The van der Waals surface area contributed by atoms with Crippen LogP contribution >= 0.6 is 0 Å². The van der Waals surface area contributed by atoms with Gasteiger partial charge in [0.2, 0.25) is 5.91 Å². The number of benzene rings is 1. The Morgan fingerprint density at radius 1 is 1.35 bits per heavy atom. The van der Waals surface area contributed by atoms with Gasteiger partial charge in [0.15, 0.2) is 5.82 Å². The molecule has 17 heavy (non-hydrogen) atoms. The molecule has 0 radical (unpaired) electrons. The second kappa shape index (κ2) is 4.78. The van der Waals surface area contributed by atoms with E-state index in [1.807, 2.05) is 31.2 Å². The van der Waals surface area contributed by atoms with Crippen molar-refractivity contribution in [2.45, 2.75) is 13.3 Å². The number of anilines is 1. The highest BCUT2D eigenvalue weighted by molar-refractivity contribution is 5.91. The van der Waals surface area contributed by atoms with E-state index in [1.54, 1.807) is 17.9 Å². The van der Waals surface area contributed by atoms with Crippen LogP contribution in [0.5, 0.6) is 0 Å². The first-order valence-corrected chi connectivity index (χ1v) is 5.35. The summed E-state index contributed by atoms with van der Waals surface area (Å²) in [5.41, 5.74) is 2.17. The number of carbonyl (C=O) groups excluding carboxylic acids is 1. The first-order chi connectivity index (χ1) is 8.13. The molecule has 0 saturated heterocycles. The molecule has 0 aliphatic carbocycles. The third kappa shape index (κ3) is 3.14. The van der Waals surface area contributed by atoms with Crippen LogP contribution in [0, 0.1) is 6.92 Å². The lowest BCUT2D eigenvalue weighted by Crippen LogP contribution is -2.14. The minimum atomic E-state index is -0.0886. The van der Waals surface area contributed by atoms with Crippen molar-refractivity contribution in [2.75, 3.05) is 5.32 Å². The zero-order chi connectivity index (χ0) is 12.3. The average molecular weight is 230 g/mol. The fourth-order valence-electron chi connectivity index (χ4n) is 1.48. The fraction of sp³-hybridized carbons (Fsp3) is 0.250. The van der Waals surface area contributed by atoms with E-state index in [4.69, 9.17) is 0 Å². The quantitative estimate of drug-likeness (QED) is 0.864. The second-order valence-corrected chi connectivity index (χ2v) is 3.99. The largest absolute Gasteiger partial charge is 0.308 e. The van der Waals surface area contributed by atoms with Crippen LogP contribution in [-0.2, 0) is 18.3 Å². The van der Waals surface area contributed by atoms with Crippen LogP contribution in [0.2, 0.25) is 0 Å². The van der Waals surface area contributed by atoms with Gasteiger partial charge in [-0.05, 0) is 12.5 Å². The Morgan fingerprint density at radius 3 is 2.65 bits per heavy atom. The summed E-state index contributed by atoms with van der Waals surface area (Å²) >= 11 is 0. The van der Waals surface area contributed by atoms with Gasteiger partial charge in [0.05, 0.1) is 12.6 Å². The van der Waals surface area contributed by atoms with Gasteiger partial charge in [-0.15, -0.1) is 5.10 Å². The molecule has 88 valence electrons. The van der Waals surface area contributed by atoms with Crippen molar-refractivity contribution >= 4 is 11.7 Å². The third-order valence-corrected chi connectivity index (χ3v) is 2.36. The van der Waals surface area contributed by atoms with Crippen LogP contribution in [-0.4, -0.2) is 20.9 Å². The maximum Gasteiger partial charge on any atom is 0.230 e. The monoisotopic (exact) mass is 230 g/mol. The van der Waals surface area contributed by atoms with Gasteiger partial charge in [-0.1, -0.05) is 35.0 Å². The number of aryl methyl sites for hydroxylation is 2. The van der Waals surface area contributed by atoms with Crippen LogP contribution in [0.25, 0.3) is 0 Å². The van der Waals surface area contributed by atoms with Crippen LogP contribution in [0.3, 0.4) is 0 Å². The Morgan fingerprint density at radius 2 is 2.06 bits per heavy atom. The summed E-state index contributed by atoms with van der Waals surface area (Å²) in [7, 11) is 1.75. The van der Waals surface area contributed by atoms with E-state index >= 15 is 0 Å². The van der Waals surface area contributed by atoms with Crippen molar-refractivity contribution in [3.8, 4) is 0 Å². The summed E-state index contributed by atoms with van der Waals surface area (Å²) in [6, 6.07) is 7.88. The normalized spacial score (nSPS) is 10.2. The SMILES string of the molecule is Cc1ccc(CC(=O)Nc2cn(C)nn2)cc1. The summed E-state index contributed by atoms with van der Waals surface area (Å²) in [4.78, 5) is 11.7. The summed E-state index contributed by atoms with van der Waals surface area (Å²) in [5, 5.41) is 10.2. The van der Waals surface area contributed by atoms with Crippen molar-refractivity contribution in [1.29, 1.82) is 0 Å². The molecule has 0 aliphatic heterocycles. The minimum absolute atomic E-state index is 0.0886.